The first-order valence-corrected chi connectivity index (χ1v) is 7.12. The Morgan fingerprint density at radius 3 is 2.50 bits per heavy atom. The van der Waals surface area contributed by atoms with E-state index in [4.69, 9.17) is 0 Å². The molecular weight excluding hydrogens is 286 g/mol. The number of nitrogens with zero attached hydrogens (tertiary/aromatic N) is 1. The Labute approximate surface area is 116 Å². The van der Waals surface area contributed by atoms with Crippen LogP contribution in [-0.4, -0.2) is 4.57 Å². The fourth-order valence-electron chi connectivity index (χ4n) is 2.58. The van der Waals surface area contributed by atoms with Crippen molar-refractivity contribution in [3.8, 4) is 0 Å². The highest BCUT2D eigenvalue weighted by Crippen LogP contribution is 2.31. The lowest BCUT2D eigenvalue weighted by atomic mass is 10.2. The van der Waals surface area contributed by atoms with Gasteiger partial charge in [0.25, 0.3) is 0 Å². The number of hydrogen-bond donors (Lipinski definition) is 0. The second-order valence-corrected chi connectivity index (χ2v) is 6.10. The zero-order valence-corrected chi connectivity index (χ0v) is 12.2. The molecule has 0 saturated carbocycles. The molecule has 0 spiro atoms. The highest BCUT2D eigenvalue weighted by Gasteiger charge is 2.11. The lowest BCUT2D eigenvalue weighted by molar-refractivity contribution is 0.545. The van der Waals surface area contributed by atoms with Gasteiger partial charge in [-0.15, -0.1) is 0 Å². The van der Waals surface area contributed by atoms with Crippen LogP contribution in [0.15, 0.2) is 46.9 Å². The van der Waals surface area contributed by atoms with Gasteiger partial charge in [-0.3, -0.25) is 0 Å². The number of rotatable bonds is 2. The van der Waals surface area contributed by atoms with Gasteiger partial charge in [0, 0.05) is 27.3 Å². The largest absolute Gasteiger partial charge is 0.340 e. The van der Waals surface area contributed by atoms with E-state index >= 15 is 0 Å². The quantitative estimate of drug-likeness (QED) is 0.612. The molecule has 1 aromatic heterocycles. The SMILES string of the molecule is CC(C)Cn1c2ccccc2c2ccc(Br)cc21. The van der Waals surface area contributed by atoms with Gasteiger partial charge in [-0.05, 0) is 24.1 Å². The third kappa shape index (κ3) is 1.85. The second kappa shape index (κ2) is 4.43. The molecule has 0 bridgehead atoms. The highest BCUT2D eigenvalue weighted by atomic mass is 79.9. The molecule has 2 aromatic carbocycles. The number of para-hydroxylation sites is 1. The summed E-state index contributed by atoms with van der Waals surface area (Å²) in [5.41, 5.74) is 2.65. The van der Waals surface area contributed by atoms with E-state index < -0.39 is 0 Å². The Hall–Kier alpha value is -1.28. The zero-order chi connectivity index (χ0) is 12.7. The monoisotopic (exact) mass is 301 g/mol. The minimum atomic E-state index is 0.642. The normalized spacial score (nSPS) is 11.8. The predicted octanol–water partition coefficient (Wildman–Crippen LogP) is 5.21. The van der Waals surface area contributed by atoms with Crippen LogP contribution in [0.2, 0.25) is 0 Å². The molecule has 0 aliphatic rings. The molecule has 1 heterocycles. The number of benzene rings is 2. The van der Waals surface area contributed by atoms with Crippen LogP contribution in [-0.2, 0) is 6.54 Å². The van der Waals surface area contributed by atoms with E-state index in [1.54, 1.807) is 0 Å². The molecule has 0 unspecified atom stereocenters. The van der Waals surface area contributed by atoms with Crippen molar-refractivity contribution >= 4 is 37.7 Å². The maximum absolute atomic E-state index is 3.58. The van der Waals surface area contributed by atoms with Crippen LogP contribution in [0.1, 0.15) is 13.8 Å². The van der Waals surface area contributed by atoms with E-state index in [9.17, 15) is 0 Å². The summed E-state index contributed by atoms with van der Waals surface area (Å²) in [4.78, 5) is 0. The van der Waals surface area contributed by atoms with E-state index in [0.29, 0.717) is 5.92 Å². The molecule has 0 saturated heterocycles. The minimum Gasteiger partial charge on any atom is -0.340 e. The van der Waals surface area contributed by atoms with Crippen molar-refractivity contribution in [2.75, 3.05) is 0 Å². The maximum Gasteiger partial charge on any atom is 0.0502 e. The van der Waals surface area contributed by atoms with Crippen LogP contribution >= 0.6 is 15.9 Å². The summed E-state index contributed by atoms with van der Waals surface area (Å²) in [5.74, 6) is 0.642. The lowest BCUT2D eigenvalue weighted by Crippen LogP contribution is -2.03. The summed E-state index contributed by atoms with van der Waals surface area (Å²) in [5, 5.41) is 2.69. The van der Waals surface area contributed by atoms with Gasteiger partial charge in [0.15, 0.2) is 0 Å². The van der Waals surface area contributed by atoms with Gasteiger partial charge in [0.05, 0.1) is 5.52 Å². The van der Waals surface area contributed by atoms with Crippen molar-refractivity contribution in [1.29, 1.82) is 0 Å². The summed E-state index contributed by atoms with van der Waals surface area (Å²) in [6, 6.07) is 15.2. The van der Waals surface area contributed by atoms with Crippen molar-refractivity contribution in [1.82, 2.24) is 4.57 Å². The van der Waals surface area contributed by atoms with Crippen molar-refractivity contribution in [2.24, 2.45) is 5.92 Å². The standard InChI is InChI=1S/C16H16BrN/c1-11(2)10-18-15-6-4-3-5-13(15)14-8-7-12(17)9-16(14)18/h3-9,11H,10H2,1-2H3. The van der Waals surface area contributed by atoms with Gasteiger partial charge in [-0.25, -0.2) is 0 Å². The molecule has 1 nitrogen and oxygen atoms in total. The molecule has 0 amide bonds. The summed E-state index contributed by atoms with van der Waals surface area (Å²) in [6.07, 6.45) is 0. The molecule has 0 N–H and O–H groups in total. The summed E-state index contributed by atoms with van der Waals surface area (Å²) >= 11 is 3.58. The van der Waals surface area contributed by atoms with Crippen LogP contribution < -0.4 is 0 Å². The van der Waals surface area contributed by atoms with E-state index in [-0.39, 0.29) is 0 Å². The molecule has 3 rings (SSSR count). The van der Waals surface area contributed by atoms with Crippen molar-refractivity contribution in [2.45, 2.75) is 20.4 Å². The highest BCUT2D eigenvalue weighted by molar-refractivity contribution is 9.10. The summed E-state index contributed by atoms with van der Waals surface area (Å²) in [7, 11) is 0. The number of hydrogen-bond acceptors (Lipinski definition) is 0. The van der Waals surface area contributed by atoms with E-state index in [2.05, 4.69) is 76.8 Å². The number of aromatic nitrogens is 1. The first kappa shape index (κ1) is 11.8. The van der Waals surface area contributed by atoms with Gasteiger partial charge in [0.1, 0.15) is 0 Å². The van der Waals surface area contributed by atoms with E-state index in [1.807, 2.05) is 0 Å². The van der Waals surface area contributed by atoms with Crippen molar-refractivity contribution < 1.29 is 0 Å². The topological polar surface area (TPSA) is 4.93 Å². The van der Waals surface area contributed by atoms with Gasteiger partial charge < -0.3 is 4.57 Å². The van der Waals surface area contributed by atoms with Crippen LogP contribution in [0.4, 0.5) is 0 Å². The zero-order valence-electron chi connectivity index (χ0n) is 10.7. The fraction of sp³-hybridized carbons (Fsp3) is 0.250. The minimum absolute atomic E-state index is 0.642. The first-order chi connectivity index (χ1) is 8.66. The van der Waals surface area contributed by atoms with E-state index in [1.165, 1.54) is 21.8 Å². The molecule has 92 valence electrons. The average Bonchev–Trinajstić information content (AvgIpc) is 2.63. The molecule has 0 radical (unpaired) electrons. The molecule has 3 aromatic rings. The maximum atomic E-state index is 3.58. The molecular formula is C16H16BrN. The van der Waals surface area contributed by atoms with Gasteiger partial charge in [-0.1, -0.05) is 54.0 Å². The molecule has 0 aliphatic carbocycles. The summed E-state index contributed by atoms with van der Waals surface area (Å²) in [6.45, 7) is 5.58. The average molecular weight is 302 g/mol. The molecule has 0 atom stereocenters. The Bertz CT molecular complexity index is 710. The van der Waals surface area contributed by atoms with E-state index in [0.717, 1.165) is 11.0 Å². The van der Waals surface area contributed by atoms with Crippen molar-refractivity contribution in [3.63, 3.8) is 0 Å². The molecule has 0 aliphatic heterocycles. The summed E-state index contributed by atoms with van der Waals surface area (Å²) < 4.78 is 3.57. The van der Waals surface area contributed by atoms with Crippen LogP contribution in [0.5, 0.6) is 0 Å². The predicted molar refractivity (Wildman–Crippen MR) is 82.0 cm³/mol. The van der Waals surface area contributed by atoms with Crippen molar-refractivity contribution in [3.05, 3.63) is 46.9 Å². The Balaban J connectivity index is 2.42. The second-order valence-electron chi connectivity index (χ2n) is 5.18. The Kier molecular flexibility index (Phi) is 2.90. The molecule has 18 heavy (non-hydrogen) atoms. The smallest absolute Gasteiger partial charge is 0.0502 e. The van der Waals surface area contributed by atoms with Crippen LogP contribution in [0.25, 0.3) is 21.8 Å². The third-order valence-corrected chi connectivity index (χ3v) is 3.78. The fourth-order valence-corrected chi connectivity index (χ4v) is 2.93. The third-order valence-electron chi connectivity index (χ3n) is 3.28. The Morgan fingerprint density at radius 1 is 1.00 bits per heavy atom. The number of fused-ring (bicyclic) bond motifs is 3. The van der Waals surface area contributed by atoms with Gasteiger partial charge in [-0.2, -0.15) is 0 Å². The number of halogens is 1. The molecule has 0 fully saturated rings. The van der Waals surface area contributed by atoms with Crippen LogP contribution in [0.3, 0.4) is 0 Å². The van der Waals surface area contributed by atoms with Gasteiger partial charge >= 0.3 is 0 Å². The first-order valence-electron chi connectivity index (χ1n) is 6.33. The van der Waals surface area contributed by atoms with Gasteiger partial charge in [0.2, 0.25) is 0 Å². The molecule has 2 heteroatoms. The lowest BCUT2D eigenvalue weighted by Gasteiger charge is -2.10. The van der Waals surface area contributed by atoms with Crippen LogP contribution in [0, 0.1) is 5.92 Å². The Morgan fingerprint density at radius 2 is 1.72 bits per heavy atom.